The minimum atomic E-state index is -0.496. The molecule has 166 valence electrons. The molecule has 0 saturated heterocycles. The Morgan fingerprint density at radius 1 is 0.969 bits per heavy atom. The molecule has 0 unspecified atom stereocenters. The lowest BCUT2D eigenvalue weighted by molar-refractivity contribution is 0.538. The van der Waals surface area contributed by atoms with Gasteiger partial charge in [0.1, 0.15) is 5.82 Å². The third-order valence-corrected chi connectivity index (χ3v) is 5.62. The van der Waals surface area contributed by atoms with Gasteiger partial charge in [-0.1, -0.05) is 45.0 Å². The molecule has 0 bridgehead atoms. The van der Waals surface area contributed by atoms with E-state index in [4.69, 9.17) is 0 Å². The number of nitrogens with zero attached hydrogens (tertiary/aromatic N) is 4. The number of imidazole rings is 1. The van der Waals surface area contributed by atoms with Crippen molar-refractivity contribution in [2.24, 2.45) is 0 Å². The number of hydrogen-bond acceptors (Lipinski definition) is 3. The summed E-state index contributed by atoms with van der Waals surface area (Å²) in [5, 5.41) is 0. The molecular formula is C25H27FN4O2. The Hall–Kier alpha value is -3.48. The lowest BCUT2D eigenvalue weighted by Gasteiger charge is -2.19. The smallest absolute Gasteiger partial charge is 0.320 e. The van der Waals surface area contributed by atoms with E-state index in [0.29, 0.717) is 17.7 Å². The first-order chi connectivity index (χ1) is 15.1. The van der Waals surface area contributed by atoms with Crippen LogP contribution in [0, 0.1) is 5.82 Å². The molecule has 4 aromatic rings. The first-order valence-electron chi connectivity index (χ1n) is 10.7. The summed E-state index contributed by atoms with van der Waals surface area (Å²) in [6.07, 6.45) is 1.58. The summed E-state index contributed by atoms with van der Waals surface area (Å²) >= 11 is 0. The van der Waals surface area contributed by atoms with Crippen LogP contribution in [-0.4, -0.2) is 18.7 Å². The minimum absolute atomic E-state index is 0.0520. The van der Waals surface area contributed by atoms with Crippen molar-refractivity contribution in [3.05, 3.63) is 92.6 Å². The molecule has 6 nitrogen and oxygen atoms in total. The Labute approximate surface area is 185 Å². The van der Waals surface area contributed by atoms with Gasteiger partial charge < -0.3 is 4.57 Å². The van der Waals surface area contributed by atoms with Gasteiger partial charge in [0.05, 0.1) is 12.0 Å². The molecule has 0 atom stereocenters. The maximum absolute atomic E-state index is 13.5. The Balaban J connectivity index is 1.90. The SMILES string of the molecule is CC(C)n1c(=O)c2c(ncn2Cc2ccc(C(C)(C)C)cc2)n(-c2ccc(F)cc2)c1=O. The highest BCUT2D eigenvalue weighted by Crippen LogP contribution is 2.23. The summed E-state index contributed by atoms with van der Waals surface area (Å²) in [6, 6.07) is 13.5. The van der Waals surface area contributed by atoms with E-state index in [1.807, 2.05) is 12.1 Å². The number of rotatable bonds is 4. The summed E-state index contributed by atoms with van der Waals surface area (Å²) in [5.41, 5.74) is 2.46. The lowest BCUT2D eigenvalue weighted by Crippen LogP contribution is -2.41. The molecule has 2 aromatic carbocycles. The largest absolute Gasteiger partial charge is 0.337 e. The lowest BCUT2D eigenvalue weighted by atomic mass is 9.87. The predicted molar refractivity (Wildman–Crippen MR) is 124 cm³/mol. The van der Waals surface area contributed by atoms with Crippen LogP contribution in [0.3, 0.4) is 0 Å². The van der Waals surface area contributed by atoms with Crippen LogP contribution in [0.1, 0.15) is 51.8 Å². The van der Waals surface area contributed by atoms with E-state index < -0.39 is 11.5 Å². The minimum Gasteiger partial charge on any atom is -0.320 e. The van der Waals surface area contributed by atoms with Crippen molar-refractivity contribution in [1.29, 1.82) is 0 Å². The normalized spacial score (nSPS) is 12.1. The highest BCUT2D eigenvalue weighted by Gasteiger charge is 2.21. The van der Waals surface area contributed by atoms with Gasteiger partial charge in [-0.3, -0.25) is 9.36 Å². The van der Waals surface area contributed by atoms with Crippen molar-refractivity contribution in [1.82, 2.24) is 18.7 Å². The molecular weight excluding hydrogens is 407 g/mol. The number of benzene rings is 2. The Bertz CT molecular complexity index is 1390. The fourth-order valence-electron chi connectivity index (χ4n) is 3.86. The molecule has 2 heterocycles. The summed E-state index contributed by atoms with van der Waals surface area (Å²) in [4.78, 5) is 30.9. The van der Waals surface area contributed by atoms with Gasteiger partial charge in [-0.25, -0.2) is 18.7 Å². The Kier molecular flexibility index (Phi) is 5.36. The van der Waals surface area contributed by atoms with Crippen molar-refractivity contribution in [3.8, 4) is 5.69 Å². The average molecular weight is 435 g/mol. The molecule has 0 aliphatic carbocycles. The first-order valence-corrected chi connectivity index (χ1v) is 10.7. The molecule has 0 N–H and O–H groups in total. The fraction of sp³-hybridized carbons (Fsp3) is 0.320. The number of halogens is 1. The second kappa shape index (κ2) is 7.89. The van der Waals surface area contributed by atoms with E-state index in [-0.39, 0.29) is 22.7 Å². The van der Waals surface area contributed by atoms with E-state index in [0.717, 1.165) is 5.56 Å². The van der Waals surface area contributed by atoms with Gasteiger partial charge in [0, 0.05) is 12.6 Å². The van der Waals surface area contributed by atoms with E-state index in [1.165, 1.54) is 39.0 Å². The van der Waals surface area contributed by atoms with Crippen LogP contribution in [0.25, 0.3) is 16.9 Å². The monoisotopic (exact) mass is 434 g/mol. The molecule has 4 rings (SSSR count). The van der Waals surface area contributed by atoms with Crippen LogP contribution >= 0.6 is 0 Å². The van der Waals surface area contributed by atoms with Crippen molar-refractivity contribution in [2.75, 3.05) is 0 Å². The van der Waals surface area contributed by atoms with Gasteiger partial charge in [-0.05, 0) is 54.7 Å². The molecule has 0 fully saturated rings. The van der Waals surface area contributed by atoms with E-state index in [9.17, 15) is 14.0 Å². The van der Waals surface area contributed by atoms with Crippen LogP contribution < -0.4 is 11.2 Å². The first kappa shape index (κ1) is 21.7. The zero-order chi connectivity index (χ0) is 23.2. The average Bonchev–Trinajstić information content (AvgIpc) is 3.12. The quantitative estimate of drug-likeness (QED) is 0.478. The van der Waals surface area contributed by atoms with Crippen molar-refractivity contribution < 1.29 is 4.39 Å². The number of fused-ring (bicyclic) bond motifs is 1. The molecule has 0 aliphatic heterocycles. The van der Waals surface area contributed by atoms with Crippen molar-refractivity contribution >= 4 is 11.2 Å². The van der Waals surface area contributed by atoms with Gasteiger partial charge in [0.2, 0.25) is 0 Å². The molecule has 2 aromatic heterocycles. The van der Waals surface area contributed by atoms with Crippen molar-refractivity contribution in [2.45, 2.75) is 52.6 Å². The maximum atomic E-state index is 13.5. The predicted octanol–water partition coefficient (Wildman–Crippen LogP) is 4.41. The van der Waals surface area contributed by atoms with Crippen LogP contribution in [0.4, 0.5) is 4.39 Å². The zero-order valence-electron chi connectivity index (χ0n) is 19.0. The summed E-state index contributed by atoms with van der Waals surface area (Å²) in [6.45, 7) is 10.5. The fourth-order valence-corrected chi connectivity index (χ4v) is 3.86. The van der Waals surface area contributed by atoms with Crippen LogP contribution in [0.5, 0.6) is 0 Å². The molecule has 0 spiro atoms. The van der Waals surface area contributed by atoms with Gasteiger partial charge in [-0.15, -0.1) is 0 Å². The molecule has 0 aliphatic rings. The molecule has 32 heavy (non-hydrogen) atoms. The van der Waals surface area contributed by atoms with E-state index in [2.05, 4.69) is 37.9 Å². The zero-order valence-corrected chi connectivity index (χ0v) is 19.0. The molecule has 0 amide bonds. The summed E-state index contributed by atoms with van der Waals surface area (Å²) in [7, 11) is 0. The number of hydrogen-bond donors (Lipinski definition) is 0. The highest BCUT2D eigenvalue weighted by molar-refractivity contribution is 5.72. The highest BCUT2D eigenvalue weighted by atomic mass is 19.1. The standard InChI is InChI=1S/C25H27FN4O2/c1-16(2)29-23(31)21-22(30(24(29)32)20-12-10-19(26)11-13-20)27-15-28(21)14-17-6-8-18(9-7-17)25(3,4)5/h6-13,15-16H,14H2,1-5H3. The topological polar surface area (TPSA) is 61.8 Å². The Morgan fingerprint density at radius 3 is 2.16 bits per heavy atom. The third kappa shape index (κ3) is 3.79. The van der Waals surface area contributed by atoms with Crippen LogP contribution in [-0.2, 0) is 12.0 Å². The van der Waals surface area contributed by atoms with E-state index in [1.54, 1.807) is 24.7 Å². The summed E-state index contributed by atoms with van der Waals surface area (Å²) < 4.78 is 17.8. The van der Waals surface area contributed by atoms with E-state index >= 15 is 0 Å². The maximum Gasteiger partial charge on any atom is 0.337 e. The van der Waals surface area contributed by atoms with Gasteiger partial charge in [0.15, 0.2) is 11.2 Å². The summed E-state index contributed by atoms with van der Waals surface area (Å²) in [5.74, 6) is -0.403. The van der Waals surface area contributed by atoms with Gasteiger partial charge in [0.25, 0.3) is 5.56 Å². The third-order valence-electron chi connectivity index (χ3n) is 5.62. The van der Waals surface area contributed by atoms with Gasteiger partial charge in [-0.2, -0.15) is 0 Å². The molecule has 0 radical (unpaired) electrons. The van der Waals surface area contributed by atoms with Crippen molar-refractivity contribution in [3.63, 3.8) is 0 Å². The van der Waals surface area contributed by atoms with Gasteiger partial charge >= 0.3 is 5.69 Å². The van der Waals surface area contributed by atoms with Crippen LogP contribution in [0.15, 0.2) is 64.4 Å². The molecule has 0 saturated carbocycles. The molecule has 7 heteroatoms. The second-order valence-electron chi connectivity index (χ2n) is 9.35. The Morgan fingerprint density at radius 2 is 1.59 bits per heavy atom. The number of aromatic nitrogens is 4. The second-order valence-corrected chi connectivity index (χ2v) is 9.35. The van der Waals surface area contributed by atoms with Crippen LogP contribution in [0.2, 0.25) is 0 Å².